The highest BCUT2D eigenvalue weighted by Crippen LogP contribution is 2.27. The first kappa shape index (κ1) is 25.8. The fraction of sp³-hybridized carbons (Fsp3) is 0.174. The zero-order valence-corrected chi connectivity index (χ0v) is 19.1. The molecule has 0 atom stereocenters. The molecule has 0 radical (unpaired) electrons. The summed E-state index contributed by atoms with van der Waals surface area (Å²) >= 11 is 0. The number of nitrogens with one attached hydrogen (secondary N) is 1. The van der Waals surface area contributed by atoms with Gasteiger partial charge in [-0.15, -0.1) is 13.2 Å². The normalized spacial score (nSPS) is 11.6. The number of hydrogen-bond acceptors (Lipinski definition) is 5. The number of anilines is 2. The molecule has 0 aliphatic heterocycles. The van der Waals surface area contributed by atoms with E-state index in [4.69, 9.17) is 4.74 Å². The molecule has 3 rings (SSSR count). The molecule has 3 aromatic rings. The summed E-state index contributed by atoms with van der Waals surface area (Å²) in [6.45, 7) is 1.47. The smallest absolute Gasteiger partial charge is 0.494 e. The molecule has 0 aliphatic rings. The first-order valence-electron chi connectivity index (χ1n) is 10.1. The average molecular weight is 512 g/mol. The SMILES string of the molecule is CCOc1ccc(S(=O)(=O)N(CC(=O)Nc2ccc(OC(F)(F)F)cc2)c2ccc(F)cc2)cc1. The summed E-state index contributed by atoms with van der Waals surface area (Å²) in [6, 6.07) is 14.4. The maximum absolute atomic E-state index is 13.4. The Morgan fingerprint density at radius 3 is 2.03 bits per heavy atom. The van der Waals surface area contributed by atoms with Gasteiger partial charge < -0.3 is 14.8 Å². The van der Waals surface area contributed by atoms with E-state index >= 15 is 0 Å². The number of rotatable bonds is 9. The highest BCUT2D eigenvalue weighted by Gasteiger charge is 2.31. The van der Waals surface area contributed by atoms with Crippen LogP contribution in [-0.2, 0) is 14.8 Å². The predicted molar refractivity (Wildman–Crippen MR) is 120 cm³/mol. The van der Waals surface area contributed by atoms with Crippen LogP contribution in [0.3, 0.4) is 0 Å². The van der Waals surface area contributed by atoms with E-state index in [9.17, 15) is 30.8 Å². The van der Waals surface area contributed by atoms with Gasteiger partial charge in [0.1, 0.15) is 23.9 Å². The first-order chi connectivity index (χ1) is 16.5. The third-order valence-electron chi connectivity index (χ3n) is 4.50. The van der Waals surface area contributed by atoms with Crippen LogP contribution in [0.1, 0.15) is 6.92 Å². The number of nitrogens with zero attached hydrogens (tertiary/aromatic N) is 1. The van der Waals surface area contributed by atoms with E-state index in [0.29, 0.717) is 12.4 Å². The highest BCUT2D eigenvalue weighted by molar-refractivity contribution is 7.92. The van der Waals surface area contributed by atoms with Gasteiger partial charge in [0.25, 0.3) is 10.0 Å². The van der Waals surface area contributed by atoms with E-state index in [2.05, 4.69) is 10.1 Å². The summed E-state index contributed by atoms with van der Waals surface area (Å²) < 4.78 is 86.9. The van der Waals surface area contributed by atoms with Gasteiger partial charge in [-0.2, -0.15) is 0 Å². The Bertz CT molecular complexity index is 1250. The molecule has 0 bridgehead atoms. The summed E-state index contributed by atoms with van der Waals surface area (Å²) in [7, 11) is -4.26. The third-order valence-corrected chi connectivity index (χ3v) is 6.28. The summed E-state index contributed by atoms with van der Waals surface area (Å²) in [4.78, 5) is 12.5. The lowest BCUT2D eigenvalue weighted by molar-refractivity contribution is -0.274. The lowest BCUT2D eigenvalue weighted by atomic mass is 10.3. The number of amides is 1. The molecule has 0 spiro atoms. The topological polar surface area (TPSA) is 84.9 Å². The summed E-state index contributed by atoms with van der Waals surface area (Å²) in [5.41, 5.74) is 0.145. The molecule has 3 aromatic carbocycles. The van der Waals surface area contributed by atoms with Crippen LogP contribution in [0.15, 0.2) is 77.7 Å². The molecular weight excluding hydrogens is 492 g/mol. The molecule has 1 N–H and O–H groups in total. The van der Waals surface area contributed by atoms with Gasteiger partial charge >= 0.3 is 6.36 Å². The van der Waals surface area contributed by atoms with E-state index < -0.39 is 40.4 Å². The van der Waals surface area contributed by atoms with E-state index in [1.54, 1.807) is 6.92 Å². The second-order valence-corrected chi connectivity index (χ2v) is 8.88. The van der Waals surface area contributed by atoms with E-state index in [1.165, 1.54) is 48.5 Å². The number of sulfonamides is 1. The molecule has 1 amide bonds. The van der Waals surface area contributed by atoms with Gasteiger partial charge in [-0.3, -0.25) is 9.10 Å². The van der Waals surface area contributed by atoms with E-state index in [0.717, 1.165) is 28.6 Å². The molecule has 7 nitrogen and oxygen atoms in total. The van der Waals surface area contributed by atoms with Crippen molar-refractivity contribution in [2.75, 3.05) is 22.8 Å². The van der Waals surface area contributed by atoms with Crippen molar-refractivity contribution in [2.24, 2.45) is 0 Å². The molecule has 0 saturated carbocycles. The average Bonchev–Trinajstić information content (AvgIpc) is 2.79. The predicted octanol–water partition coefficient (Wildman–Crippen LogP) is 4.96. The number of halogens is 4. The van der Waals surface area contributed by atoms with Crippen LogP contribution < -0.4 is 19.1 Å². The van der Waals surface area contributed by atoms with Crippen molar-refractivity contribution in [1.82, 2.24) is 0 Å². The fourth-order valence-electron chi connectivity index (χ4n) is 3.00. The Kier molecular flexibility index (Phi) is 7.85. The maximum Gasteiger partial charge on any atom is 0.573 e. The monoisotopic (exact) mass is 512 g/mol. The molecule has 0 aromatic heterocycles. The number of hydrogen-bond donors (Lipinski definition) is 1. The van der Waals surface area contributed by atoms with Crippen LogP contribution >= 0.6 is 0 Å². The quantitative estimate of drug-likeness (QED) is 0.410. The van der Waals surface area contributed by atoms with E-state index in [1.807, 2.05) is 0 Å². The first-order valence-corrected chi connectivity index (χ1v) is 11.6. The van der Waals surface area contributed by atoms with Crippen LogP contribution in [0.5, 0.6) is 11.5 Å². The zero-order chi connectivity index (χ0) is 25.6. The van der Waals surface area contributed by atoms with Gasteiger partial charge in [0.2, 0.25) is 5.91 Å². The highest BCUT2D eigenvalue weighted by atomic mass is 32.2. The second-order valence-electron chi connectivity index (χ2n) is 7.01. The van der Waals surface area contributed by atoms with Gasteiger partial charge in [0, 0.05) is 5.69 Å². The van der Waals surface area contributed by atoms with E-state index in [-0.39, 0.29) is 16.3 Å². The van der Waals surface area contributed by atoms with Gasteiger partial charge in [-0.05, 0) is 79.7 Å². The van der Waals surface area contributed by atoms with Crippen molar-refractivity contribution in [3.8, 4) is 11.5 Å². The van der Waals surface area contributed by atoms with Crippen molar-refractivity contribution < 1.29 is 40.2 Å². The minimum Gasteiger partial charge on any atom is -0.494 e. The molecule has 12 heteroatoms. The minimum absolute atomic E-state index is 0.0318. The number of carbonyl (C=O) groups is 1. The molecular formula is C23H20F4N2O5S. The molecule has 0 aliphatic carbocycles. The standard InChI is InChI=1S/C23H20F4N2O5S/c1-2-33-19-11-13-21(14-12-19)35(31,32)29(18-7-3-16(24)4-8-18)15-22(30)28-17-5-9-20(10-6-17)34-23(25,26)27/h3-14H,2,15H2,1H3,(H,28,30). The largest absolute Gasteiger partial charge is 0.573 e. The number of alkyl halides is 3. The summed E-state index contributed by atoms with van der Waals surface area (Å²) in [5.74, 6) is -1.41. The molecule has 186 valence electrons. The molecule has 0 saturated heterocycles. The van der Waals surface area contributed by atoms with Crippen molar-refractivity contribution in [3.63, 3.8) is 0 Å². The molecule has 0 fully saturated rings. The minimum atomic E-state index is -4.87. The Morgan fingerprint density at radius 1 is 0.914 bits per heavy atom. The van der Waals surface area contributed by atoms with Gasteiger partial charge in [0.15, 0.2) is 0 Å². The molecule has 0 heterocycles. The van der Waals surface area contributed by atoms with Gasteiger partial charge in [0.05, 0.1) is 17.2 Å². The number of ether oxygens (including phenoxy) is 2. The van der Waals surface area contributed by atoms with Crippen molar-refractivity contribution >= 4 is 27.3 Å². The summed E-state index contributed by atoms with van der Waals surface area (Å²) in [6.07, 6.45) is -4.87. The second kappa shape index (κ2) is 10.6. The Morgan fingerprint density at radius 2 is 1.49 bits per heavy atom. The third kappa shape index (κ3) is 7.09. The zero-order valence-electron chi connectivity index (χ0n) is 18.3. The lowest BCUT2D eigenvalue weighted by Crippen LogP contribution is -2.38. The van der Waals surface area contributed by atoms with Crippen molar-refractivity contribution in [1.29, 1.82) is 0 Å². The van der Waals surface area contributed by atoms with Crippen LogP contribution in [0.25, 0.3) is 0 Å². The number of carbonyl (C=O) groups excluding carboxylic acids is 1. The lowest BCUT2D eigenvalue weighted by Gasteiger charge is -2.24. The van der Waals surface area contributed by atoms with Crippen LogP contribution in [0.2, 0.25) is 0 Å². The Labute approximate surface area is 198 Å². The van der Waals surface area contributed by atoms with Gasteiger partial charge in [-0.1, -0.05) is 0 Å². The maximum atomic E-state index is 13.4. The fourth-order valence-corrected chi connectivity index (χ4v) is 4.42. The number of benzene rings is 3. The Hall–Kier alpha value is -3.80. The Balaban J connectivity index is 1.83. The van der Waals surface area contributed by atoms with Crippen molar-refractivity contribution in [2.45, 2.75) is 18.2 Å². The molecule has 35 heavy (non-hydrogen) atoms. The van der Waals surface area contributed by atoms with Crippen LogP contribution in [0, 0.1) is 5.82 Å². The summed E-state index contributed by atoms with van der Waals surface area (Å²) in [5, 5.41) is 2.42. The van der Waals surface area contributed by atoms with Crippen LogP contribution in [-0.4, -0.2) is 33.8 Å². The van der Waals surface area contributed by atoms with Crippen molar-refractivity contribution in [3.05, 3.63) is 78.6 Å². The van der Waals surface area contributed by atoms with Gasteiger partial charge in [-0.25, -0.2) is 12.8 Å². The molecule has 0 unspecified atom stereocenters. The van der Waals surface area contributed by atoms with Crippen LogP contribution in [0.4, 0.5) is 28.9 Å².